The Morgan fingerprint density at radius 3 is 2.68 bits per heavy atom. The molecule has 1 amide bonds. The van der Waals surface area contributed by atoms with Gasteiger partial charge < -0.3 is 15.4 Å². The van der Waals surface area contributed by atoms with Crippen molar-refractivity contribution in [2.75, 3.05) is 33.4 Å². The van der Waals surface area contributed by atoms with Crippen LogP contribution >= 0.6 is 0 Å². The van der Waals surface area contributed by atoms with Gasteiger partial charge in [-0.05, 0) is 39.7 Å². The van der Waals surface area contributed by atoms with Gasteiger partial charge in [0.2, 0.25) is 0 Å². The Balaban J connectivity index is 1.90. The van der Waals surface area contributed by atoms with Gasteiger partial charge in [0, 0.05) is 38.4 Å². The highest BCUT2D eigenvalue weighted by Gasteiger charge is 2.32. The van der Waals surface area contributed by atoms with E-state index in [1.807, 2.05) is 10.7 Å². The molecule has 1 aliphatic rings. The van der Waals surface area contributed by atoms with Gasteiger partial charge in [0.15, 0.2) is 0 Å². The van der Waals surface area contributed by atoms with Crippen molar-refractivity contribution < 1.29 is 9.53 Å². The van der Waals surface area contributed by atoms with Crippen molar-refractivity contribution >= 4 is 5.91 Å². The van der Waals surface area contributed by atoms with E-state index < -0.39 is 0 Å². The monoisotopic (exact) mass is 308 g/mol. The molecule has 6 heteroatoms. The molecule has 1 aromatic heterocycles. The number of rotatable bonds is 8. The fourth-order valence-electron chi connectivity index (χ4n) is 2.37. The molecule has 0 unspecified atom stereocenters. The molecule has 0 atom stereocenters. The van der Waals surface area contributed by atoms with Crippen molar-refractivity contribution in [1.29, 1.82) is 0 Å². The Hall–Kier alpha value is -1.40. The molecular formula is C16H28N4O2. The number of hydrogen-bond donors (Lipinski definition) is 2. The summed E-state index contributed by atoms with van der Waals surface area (Å²) in [7, 11) is 1.67. The zero-order valence-electron chi connectivity index (χ0n) is 14.1. The maximum absolute atomic E-state index is 12.2. The molecule has 1 aliphatic carbocycles. The van der Waals surface area contributed by atoms with Crippen LogP contribution in [0.3, 0.4) is 0 Å². The van der Waals surface area contributed by atoms with Gasteiger partial charge in [-0.15, -0.1) is 0 Å². The maximum Gasteiger partial charge on any atom is 0.271 e. The van der Waals surface area contributed by atoms with Crippen LogP contribution in [0, 0.1) is 0 Å². The zero-order valence-corrected chi connectivity index (χ0v) is 14.1. The first-order valence-corrected chi connectivity index (χ1v) is 8.02. The summed E-state index contributed by atoms with van der Waals surface area (Å²) in [6.07, 6.45) is 2.40. The van der Waals surface area contributed by atoms with E-state index in [4.69, 9.17) is 4.74 Å². The number of carbonyl (C=O) groups is 1. The lowest BCUT2D eigenvalue weighted by Crippen LogP contribution is -2.33. The lowest BCUT2D eigenvalue weighted by Gasteiger charge is -2.22. The van der Waals surface area contributed by atoms with Crippen molar-refractivity contribution in [1.82, 2.24) is 20.4 Å². The van der Waals surface area contributed by atoms with E-state index in [-0.39, 0.29) is 11.4 Å². The Morgan fingerprint density at radius 1 is 1.36 bits per heavy atom. The second-order valence-electron chi connectivity index (χ2n) is 6.81. The normalized spacial score (nSPS) is 15.1. The first-order chi connectivity index (χ1) is 10.4. The molecule has 6 nitrogen and oxygen atoms in total. The molecule has 2 rings (SSSR count). The third-order valence-corrected chi connectivity index (χ3v) is 3.67. The number of nitrogens with zero attached hydrogens (tertiary/aromatic N) is 2. The summed E-state index contributed by atoms with van der Waals surface area (Å²) in [6.45, 7) is 9.13. The van der Waals surface area contributed by atoms with E-state index in [1.165, 1.54) is 18.5 Å². The van der Waals surface area contributed by atoms with Crippen LogP contribution in [0.4, 0.5) is 0 Å². The summed E-state index contributed by atoms with van der Waals surface area (Å²) in [6, 6.07) is 1.95. The van der Waals surface area contributed by atoms with Gasteiger partial charge in [-0.25, -0.2) is 0 Å². The quantitative estimate of drug-likeness (QED) is 0.714. The summed E-state index contributed by atoms with van der Waals surface area (Å²) >= 11 is 0. The first kappa shape index (κ1) is 17.0. The van der Waals surface area contributed by atoms with E-state index in [0.717, 1.165) is 13.1 Å². The van der Waals surface area contributed by atoms with Crippen LogP contribution < -0.4 is 10.6 Å². The molecule has 1 saturated carbocycles. The first-order valence-electron chi connectivity index (χ1n) is 8.02. The molecule has 124 valence electrons. The fraction of sp³-hybridized carbons (Fsp3) is 0.750. The van der Waals surface area contributed by atoms with Crippen molar-refractivity contribution in [2.45, 2.75) is 45.1 Å². The summed E-state index contributed by atoms with van der Waals surface area (Å²) in [5.74, 6) is 0.474. The molecule has 0 saturated heterocycles. The van der Waals surface area contributed by atoms with Crippen molar-refractivity contribution in [3.05, 3.63) is 17.5 Å². The lowest BCUT2D eigenvalue weighted by molar-refractivity contribution is 0.0947. The Morgan fingerprint density at radius 2 is 2.09 bits per heavy atom. The third kappa shape index (κ3) is 4.55. The van der Waals surface area contributed by atoms with E-state index in [2.05, 4.69) is 36.5 Å². The highest BCUT2D eigenvalue weighted by atomic mass is 16.5. The Labute approximate surface area is 132 Å². The second-order valence-corrected chi connectivity index (χ2v) is 6.81. The summed E-state index contributed by atoms with van der Waals surface area (Å²) < 4.78 is 6.96. The molecule has 0 aliphatic heterocycles. The van der Waals surface area contributed by atoms with Gasteiger partial charge in [-0.3, -0.25) is 9.48 Å². The number of ether oxygens (including phenoxy) is 1. The Kier molecular flexibility index (Phi) is 5.58. The van der Waals surface area contributed by atoms with Crippen LogP contribution in [0.2, 0.25) is 0 Å². The highest BCUT2D eigenvalue weighted by Crippen LogP contribution is 2.41. The molecule has 0 spiro atoms. The predicted molar refractivity (Wildman–Crippen MR) is 86.3 cm³/mol. The minimum absolute atomic E-state index is 0.0987. The summed E-state index contributed by atoms with van der Waals surface area (Å²) in [4.78, 5) is 12.2. The maximum atomic E-state index is 12.2. The third-order valence-electron chi connectivity index (χ3n) is 3.67. The van der Waals surface area contributed by atoms with E-state index in [9.17, 15) is 4.79 Å². The molecule has 0 radical (unpaired) electrons. The van der Waals surface area contributed by atoms with Crippen molar-refractivity contribution in [2.24, 2.45) is 0 Å². The number of amides is 1. The highest BCUT2D eigenvalue weighted by molar-refractivity contribution is 5.92. The fourth-order valence-corrected chi connectivity index (χ4v) is 2.37. The average molecular weight is 308 g/mol. The standard InChI is InChI=1S/C16H28N4O2/c1-16(2,3)20-14(12-5-6-12)11-13(19-20)15(21)18-8-7-17-9-10-22-4/h11-12,17H,5-10H2,1-4H3,(H,18,21). The second kappa shape index (κ2) is 7.24. The summed E-state index contributed by atoms with van der Waals surface area (Å²) in [5, 5.41) is 10.6. The molecule has 1 aromatic rings. The number of hydrogen-bond acceptors (Lipinski definition) is 4. The van der Waals surface area contributed by atoms with Gasteiger partial charge in [-0.1, -0.05) is 0 Å². The number of carbonyl (C=O) groups excluding carboxylic acids is 1. The smallest absolute Gasteiger partial charge is 0.271 e. The molecular weight excluding hydrogens is 280 g/mol. The molecule has 0 aromatic carbocycles. The van der Waals surface area contributed by atoms with Crippen molar-refractivity contribution in [3.63, 3.8) is 0 Å². The van der Waals surface area contributed by atoms with Gasteiger partial charge in [0.1, 0.15) is 5.69 Å². The van der Waals surface area contributed by atoms with Crippen LogP contribution in [0.5, 0.6) is 0 Å². The van der Waals surface area contributed by atoms with Gasteiger partial charge in [-0.2, -0.15) is 5.10 Å². The van der Waals surface area contributed by atoms with Crippen LogP contribution in [0.25, 0.3) is 0 Å². The van der Waals surface area contributed by atoms with E-state index in [1.54, 1.807) is 7.11 Å². The molecule has 22 heavy (non-hydrogen) atoms. The Bertz CT molecular complexity index is 501. The zero-order chi connectivity index (χ0) is 16.2. The van der Waals surface area contributed by atoms with Crippen molar-refractivity contribution in [3.8, 4) is 0 Å². The minimum atomic E-state index is -0.0990. The van der Waals surface area contributed by atoms with Gasteiger partial charge in [0.05, 0.1) is 12.1 Å². The lowest BCUT2D eigenvalue weighted by atomic mass is 10.1. The summed E-state index contributed by atoms with van der Waals surface area (Å²) in [5.41, 5.74) is 1.61. The van der Waals surface area contributed by atoms with Gasteiger partial charge >= 0.3 is 0 Å². The molecule has 0 bridgehead atoms. The van der Waals surface area contributed by atoms with E-state index in [0.29, 0.717) is 24.8 Å². The van der Waals surface area contributed by atoms with E-state index >= 15 is 0 Å². The molecule has 1 fully saturated rings. The largest absolute Gasteiger partial charge is 0.383 e. The van der Waals surface area contributed by atoms with Crippen LogP contribution in [-0.2, 0) is 10.3 Å². The van der Waals surface area contributed by atoms with Crippen LogP contribution in [0.15, 0.2) is 6.07 Å². The van der Waals surface area contributed by atoms with Crippen LogP contribution in [0.1, 0.15) is 55.7 Å². The predicted octanol–water partition coefficient (Wildman–Crippen LogP) is 1.48. The average Bonchev–Trinajstić information content (AvgIpc) is 3.19. The molecule has 2 N–H and O–H groups in total. The van der Waals surface area contributed by atoms with Crippen LogP contribution in [-0.4, -0.2) is 49.0 Å². The SMILES string of the molecule is COCCNCCNC(=O)c1cc(C2CC2)n(C(C)(C)C)n1. The number of nitrogens with one attached hydrogen (secondary N) is 2. The topological polar surface area (TPSA) is 68.2 Å². The number of aromatic nitrogens is 2. The minimum Gasteiger partial charge on any atom is -0.383 e. The van der Waals surface area contributed by atoms with Gasteiger partial charge in [0.25, 0.3) is 5.91 Å². The molecule has 1 heterocycles. The number of methoxy groups -OCH3 is 1.